The Balaban J connectivity index is 2.29. The van der Waals surface area contributed by atoms with Crippen LogP contribution < -0.4 is 5.73 Å². The van der Waals surface area contributed by atoms with Gasteiger partial charge in [0.25, 0.3) is 0 Å². The molecule has 0 saturated carbocycles. The molecule has 1 aliphatic heterocycles. The summed E-state index contributed by atoms with van der Waals surface area (Å²) in [7, 11) is 1.62. The first kappa shape index (κ1) is 13.9. The van der Waals surface area contributed by atoms with Crippen molar-refractivity contribution in [2.75, 3.05) is 26.9 Å². The van der Waals surface area contributed by atoms with Gasteiger partial charge in [0.2, 0.25) is 0 Å². The van der Waals surface area contributed by atoms with Crippen molar-refractivity contribution >= 4 is 0 Å². The van der Waals surface area contributed by atoms with E-state index < -0.39 is 5.60 Å². The summed E-state index contributed by atoms with van der Waals surface area (Å²) >= 11 is 0. The third-order valence-corrected chi connectivity index (χ3v) is 3.21. The molecule has 0 aromatic rings. The Hall–Kier alpha value is -0.160. The summed E-state index contributed by atoms with van der Waals surface area (Å²) in [6.07, 6.45) is 5.82. The highest BCUT2D eigenvalue weighted by Gasteiger charge is 2.28. The molecule has 1 fully saturated rings. The van der Waals surface area contributed by atoms with Gasteiger partial charge in [0.1, 0.15) is 0 Å². The van der Waals surface area contributed by atoms with Gasteiger partial charge in [-0.3, -0.25) is 0 Å². The molecule has 1 rings (SSSR count). The average molecular weight is 231 g/mol. The van der Waals surface area contributed by atoms with Crippen LogP contribution in [0.3, 0.4) is 0 Å². The number of methoxy groups -OCH3 is 1. The Bertz CT molecular complexity index is 183. The summed E-state index contributed by atoms with van der Waals surface area (Å²) in [5.41, 5.74) is 4.75. The van der Waals surface area contributed by atoms with Crippen LogP contribution in [-0.4, -0.2) is 43.7 Å². The number of nitrogens with two attached hydrogens (primary N) is 1. The van der Waals surface area contributed by atoms with E-state index in [1.54, 1.807) is 7.11 Å². The lowest BCUT2D eigenvalue weighted by Gasteiger charge is -2.28. The van der Waals surface area contributed by atoms with Crippen molar-refractivity contribution in [3.8, 4) is 0 Å². The van der Waals surface area contributed by atoms with Crippen LogP contribution in [0.4, 0.5) is 0 Å². The Morgan fingerprint density at radius 1 is 1.50 bits per heavy atom. The van der Waals surface area contributed by atoms with E-state index >= 15 is 0 Å². The van der Waals surface area contributed by atoms with Gasteiger partial charge in [0.05, 0.1) is 18.3 Å². The second-order valence-electron chi connectivity index (χ2n) is 4.72. The Kier molecular flexibility index (Phi) is 6.28. The predicted octanol–water partition coefficient (Wildman–Crippen LogP) is 1.06. The third kappa shape index (κ3) is 4.78. The van der Waals surface area contributed by atoms with Crippen LogP contribution in [0.25, 0.3) is 0 Å². The van der Waals surface area contributed by atoms with Crippen molar-refractivity contribution < 1.29 is 14.6 Å². The van der Waals surface area contributed by atoms with Crippen molar-refractivity contribution in [2.45, 2.75) is 50.2 Å². The van der Waals surface area contributed by atoms with Crippen molar-refractivity contribution in [1.82, 2.24) is 0 Å². The maximum Gasteiger partial charge on any atom is 0.0881 e. The molecule has 3 N–H and O–H groups in total. The number of ether oxygens (including phenoxy) is 2. The number of hydrogen-bond donors (Lipinski definition) is 2. The quantitative estimate of drug-likeness (QED) is 0.655. The van der Waals surface area contributed by atoms with Gasteiger partial charge in [0, 0.05) is 13.7 Å². The number of hydrogen-bond acceptors (Lipinski definition) is 4. The molecule has 96 valence electrons. The standard InChI is InChI=1S/C12H25NO3/c1-15-10-12(14,6-3-8-13)7-5-11-4-2-9-16-11/h11,14H,2-10,13H2,1H3. The molecule has 1 aliphatic rings. The molecule has 0 amide bonds. The summed E-state index contributed by atoms with van der Waals surface area (Å²) < 4.78 is 10.6. The molecule has 0 aliphatic carbocycles. The molecule has 1 saturated heterocycles. The van der Waals surface area contributed by atoms with E-state index in [2.05, 4.69) is 0 Å². The minimum Gasteiger partial charge on any atom is -0.387 e. The van der Waals surface area contributed by atoms with Crippen molar-refractivity contribution in [2.24, 2.45) is 5.73 Å². The second kappa shape index (κ2) is 7.22. The van der Waals surface area contributed by atoms with Crippen LogP contribution in [-0.2, 0) is 9.47 Å². The van der Waals surface area contributed by atoms with Crippen molar-refractivity contribution in [3.63, 3.8) is 0 Å². The first-order chi connectivity index (χ1) is 7.70. The molecule has 0 radical (unpaired) electrons. The zero-order chi connectivity index (χ0) is 11.9. The average Bonchev–Trinajstić information content (AvgIpc) is 2.77. The number of rotatable bonds is 8. The molecule has 1 heterocycles. The maximum atomic E-state index is 10.4. The highest BCUT2D eigenvalue weighted by atomic mass is 16.5. The number of aliphatic hydroxyl groups is 1. The summed E-state index contributed by atoms with van der Waals surface area (Å²) in [4.78, 5) is 0. The lowest BCUT2D eigenvalue weighted by atomic mass is 9.91. The lowest BCUT2D eigenvalue weighted by Crippen LogP contribution is -2.35. The fourth-order valence-electron chi connectivity index (χ4n) is 2.27. The largest absolute Gasteiger partial charge is 0.387 e. The van der Waals surface area contributed by atoms with Crippen LogP contribution in [0.2, 0.25) is 0 Å². The van der Waals surface area contributed by atoms with Gasteiger partial charge in [-0.05, 0) is 45.1 Å². The van der Waals surface area contributed by atoms with Gasteiger partial charge in [-0.15, -0.1) is 0 Å². The van der Waals surface area contributed by atoms with Crippen LogP contribution in [0.15, 0.2) is 0 Å². The van der Waals surface area contributed by atoms with Crippen molar-refractivity contribution in [3.05, 3.63) is 0 Å². The molecule has 16 heavy (non-hydrogen) atoms. The fraction of sp³-hybridized carbons (Fsp3) is 1.00. The second-order valence-corrected chi connectivity index (χ2v) is 4.72. The Morgan fingerprint density at radius 3 is 2.88 bits per heavy atom. The molecular weight excluding hydrogens is 206 g/mol. The van der Waals surface area contributed by atoms with E-state index in [1.807, 2.05) is 0 Å². The maximum absolute atomic E-state index is 10.4. The molecular formula is C12H25NO3. The normalized spacial score (nSPS) is 24.6. The summed E-state index contributed by atoms with van der Waals surface area (Å²) in [5, 5.41) is 10.4. The molecule has 0 aromatic heterocycles. The van der Waals surface area contributed by atoms with Crippen LogP contribution >= 0.6 is 0 Å². The summed E-state index contributed by atoms with van der Waals surface area (Å²) in [6, 6.07) is 0. The van der Waals surface area contributed by atoms with Crippen LogP contribution in [0.5, 0.6) is 0 Å². The molecule has 4 nitrogen and oxygen atoms in total. The smallest absolute Gasteiger partial charge is 0.0881 e. The topological polar surface area (TPSA) is 64.7 Å². The van der Waals surface area contributed by atoms with E-state index in [9.17, 15) is 5.11 Å². The zero-order valence-corrected chi connectivity index (χ0v) is 10.3. The molecule has 0 bridgehead atoms. The van der Waals surface area contributed by atoms with Gasteiger partial charge >= 0.3 is 0 Å². The fourth-order valence-corrected chi connectivity index (χ4v) is 2.27. The van der Waals surface area contributed by atoms with Gasteiger partial charge in [0.15, 0.2) is 0 Å². The zero-order valence-electron chi connectivity index (χ0n) is 10.3. The Morgan fingerprint density at radius 2 is 2.31 bits per heavy atom. The molecule has 0 spiro atoms. The van der Waals surface area contributed by atoms with E-state index in [1.165, 1.54) is 0 Å². The minimum absolute atomic E-state index is 0.334. The SMILES string of the molecule is COCC(O)(CCCN)CCC1CCCO1. The van der Waals surface area contributed by atoms with E-state index in [-0.39, 0.29) is 0 Å². The van der Waals surface area contributed by atoms with Gasteiger partial charge in [-0.2, -0.15) is 0 Å². The summed E-state index contributed by atoms with van der Waals surface area (Å²) in [6.45, 7) is 1.88. The Labute approximate surface area is 98.1 Å². The summed E-state index contributed by atoms with van der Waals surface area (Å²) in [5.74, 6) is 0. The molecule has 2 unspecified atom stereocenters. The van der Waals surface area contributed by atoms with Crippen LogP contribution in [0, 0.1) is 0 Å². The van der Waals surface area contributed by atoms with E-state index in [0.717, 1.165) is 38.7 Å². The molecule has 4 heteroatoms. The van der Waals surface area contributed by atoms with Gasteiger partial charge in [-0.25, -0.2) is 0 Å². The first-order valence-corrected chi connectivity index (χ1v) is 6.23. The third-order valence-electron chi connectivity index (χ3n) is 3.21. The highest BCUT2D eigenvalue weighted by molar-refractivity contribution is 4.80. The molecule has 0 aromatic carbocycles. The predicted molar refractivity (Wildman–Crippen MR) is 63.3 cm³/mol. The first-order valence-electron chi connectivity index (χ1n) is 6.23. The lowest BCUT2D eigenvalue weighted by molar-refractivity contribution is -0.0527. The minimum atomic E-state index is -0.722. The van der Waals surface area contributed by atoms with E-state index in [0.29, 0.717) is 25.7 Å². The monoisotopic (exact) mass is 231 g/mol. The van der Waals surface area contributed by atoms with E-state index in [4.69, 9.17) is 15.2 Å². The molecule has 2 atom stereocenters. The van der Waals surface area contributed by atoms with Gasteiger partial charge < -0.3 is 20.3 Å². The van der Waals surface area contributed by atoms with Crippen molar-refractivity contribution in [1.29, 1.82) is 0 Å². The van der Waals surface area contributed by atoms with Gasteiger partial charge in [-0.1, -0.05) is 0 Å². The highest BCUT2D eigenvalue weighted by Crippen LogP contribution is 2.25. The van der Waals surface area contributed by atoms with Crippen LogP contribution in [0.1, 0.15) is 38.5 Å².